The molecule has 114 valence electrons. The van der Waals surface area contributed by atoms with Gasteiger partial charge < -0.3 is 9.47 Å². The Bertz CT molecular complexity index is 964. The van der Waals surface area contributed by atoms with Crippen LogP contribution in [0.5, 0.6) is 0 Å². The van der Waals surface area contributed by atoms with E-state index in [-0.39, 0.29) is 6.04 Å². The number of aromatic nitrogens is 2. The van der Waals surface area contributed by atoms with Crippen molar-refractivity contribution in [1.29, 1.82) is 0 Å². The molecular weight excluding hydrogens is 282 g/mol. The van der Waals surface area contributed by atoms with Crippen molar-refractivity contribution in [2.75, 3.05) is 13.6 Å². The Morgan fingerprint density at radius 2 is 2.04 bits per heavy atom. The SMILES string of the molecule is C[C@@H]1c2cnccc2C=C2c3c(c4ccccc4n31)CCN2C. The van der Waals surface area contributed by atoms with Crippen LogP contribution in [0.3, 0.4) is 0 Å². The first-order valence-corrected chi connectivity index (χ1v) is 8.24. The van der Waals surface area contributed by atoms with E-state index in [2.05, 4.69) is 64.8 Å². The number of para-hydroxylation sites is 1. The van der Waals surface area contributed by atoms with Gasteiger partial charge in [0.25, 0.3) is 0 Å². The molecule has 23 heavy (non-hydrogen) atoms. The predicted octanol–water partition coefficient (Wildman–Crippen LogP) is 3.95. The maximum absolute atomic E-state index is 4.38. The topological polar surface area (TPSA) is 21.1 Å². The summed E-state index contributed by atoms with van der Waals surface area (Å²) in [6, 6.07) is 11.2. The molecule has 4 heterocycles. The first kappa shape index (κ1) is 12.9. The summed E-state index contributed by atoms with van der Waals surface area (Å²) in [6.07, 6.45) is 7.37. The number of hydrogen-bond donors (Lipinski definition) is 0. The minimum Gasteiger partial charge on any atom is -0.373 e. The number of pyridine rings is 1. The lowest BCUT2D eigenvalue weighted by Gasteiger charge is -2.29. The monoisotopic (exact) mass is 301 g/mol. The first-order valence-electron chi connectivity index (χ1n) is 8.24. The van der Waals surface area contributed by atoms with Crippen molar-refractivity contribution in [1.82, 2.24) is 14.5 Å². The molecule has 2 aliphatic rings. The molecule has 5 rings (SSSR count). The smallest absolute Gasteiger partial charge is 0.0694 e. The van der Waals surface area contributed by atoms with E-state index in [9.17, 15) is 0 Å². The van der Waals surface area contributed by atoms with Gasteiger partial charge in [-0.05, 0) is 42.7 Å². The van der Waals surface area contributed by atoms with Crippen molar-refractivity contribution in [2.45, 2.75) is 19.4 Å². The third kappa shape index (κ3) is 1.62. The van der Waals surface area contributed by atoms with Gasteiger partial charge >= 0.3 is 0 Å². The second-order valence-electron chi connectivity index (χ2n) is 6.60. The summed E-state index contributed by atoms with van der Waals surface area (Å²) in [4.78, 5) is 6.77. The molecule has 0 N–H and O–H groups in total. The van der Waals surface area contributed by atoms with E-state index < -0.39 is 0 Å². The number of rotatable bonds is 0. The minimum atomic E-state index is 0.285. The van der Waals surface area contributed by atoms with Gasteiger partial charge in [-0.15, -0.1) is 0 Å². The summed E-state index contributed by atoms with van der Waals surface area (Å²) >= 11 is 0. The van der Waals surface area contributed by atoms with Gasteiger partial charge in [0.1, 0.15) is 0 Å². The van der Waals surface area contributed by atoms with Crippen LogP contribution in [0.4, 0.5) is 0 Å². The van der Waals surface area contributed by atoms with E-state index in [4.69, 9.17) is 0 Å². The van der Waals surface area contributed by atoms with Crippen LogP contribution in [-0.4, -0.2) is 28.0 Å². The fraction of sp³-hybridized carbons (Fsp3) is 0.250. The highest BCUT2D eigenvalue weighted by atomic mass is 15.2. The van der Waals surface area contributed by atoms with Crippen LogP contribution in [0, 0.1) is 0 Å². The Balaban J connectivity index is 1.96. The third-order valence-electron chi connectivity index (χ3n) is 5.38. The highest BCUT2D eigenvalue weighted by Gasteiger charge is 2.31. The number of nitrogens with zero attached hydrogens (tertiary/aromatic N) is 3. The Hall–Kier alpha value is -2.55. The summed E-state index contributed by atoms with van der Waals surface area (Å²) < 4.78 is 2.51. The second-order valence-corrected chi connectivity index (χ2v) is 6.60. The molecule has 3 aromatic rings. The molecule has 0 spiro atoms. The Morgan fingerprint density at radius 1 is 1.17 bits per heavy atom. The maximum atomic E-state index is 4.38. The highest BCUT2D eigenvalue weighted by molar-refractivity contribution is 5.95. The molecule has 3 heteroatoms. The second kappa shape index (κ2) is 4.48. The van der Waals surface area contributed by atoms with Gasteiger partial charge in [0.15, 0.2) is 0 Å². The van der Waals surface area contributed by atoms with E-state index in [1.165, 1.54) is 39.0 Å². The van der Waals surface area contributed by atoms with Gasteiger partial charge in [0, 0.05) is 42.5 Å². The number of likely N-dealkylation sites (N-methyl/N-ethyl adjacent to an activating group) is 1. The van der Waals surface area contributed by atoms with Gasteiger partial charge in [0.2, 0.25) is 0 Å². The molecule has 0 fully saturated rings. The van der Waals surface area contributed by atoms with Gasteiger partial charge in [0.05, 0.1) is 17.4 Å². The zero-order valence-electron chi connectivity index (χ0n) is 13.5. The Kier molecular flexibility index (Phi) is 2.52. The highest BCUT2D eigenvalue weighted by Crippen LogP contribution is 2.42. The molecular formula is C20H19N3. The molecule has 2 aliphatic heterocycles. The number of benzene rings is 1. The quantitative estimate of drug-likeness (QED) is 0.627. The van der Waals surface area contributed by atoms with Crippen LogP contribution >= 0.6 is 0 Å². The molecule has 0 amide bonds. The van der Waals surface area contributed by atoms with Crippen LogP contribution in [-0.2, 0) is 6.42 Å². The van der Waals surface area contributed by atoms with Crippen molar-refractivity contribution >= 4 is 22.7 Å². The zero-order chi connectivity index (χ0) is 15.6. The van der Waals surface area contributed by atoms with Crippen LogP contribution in [0.2, 0.25) is 0 Å². The standard InChI is InChI=1S/C20H19N3/c1-13-17-12-21-9-7-14(17)11-19-20-16(8-10-22(19)2)15-5-3-4-6-18(15)23(13)20/h3-7,9,11-13H,8,10H2,1-2H3/t13-/m1/s1. The van der Waals surface area contributed by atoms with E-state index in [0.717, 1.165) is 13.0 Å². The van der Waals surface area contributed by atoms with E-state index in [1.807, 2.05) is 12.4 Å². The molecule has 0 aliphatic carbocycles. The molecule has 0 saturated heterocycles. The molecule has 0 saturated carbocycles. The fourth-order valence-electron chi connectivity index (χ4n) is 4.21. The molecule has 1 atom stereocenters. The largest absolute Gasteiger partial charge is 0.373 e. The van der Waals surface area contributed by atoms with E-state index in [1.54, 1.807) is 0 Å². The summed E-state index contributed by atoms with van der Waals surface area (Å²) in [5.41, 5.74) is 8.14. The number of hydrogen-bond acceptors (Lipinski definition) is 2. The third-order valence-corrected chi connectivity index (χ3v) is 5.38. The van der Waals surface area contributed by atoms with E-state index in [0.29, 0.717) is 0 Å². The minimum absolute atomic E-state index is 0.285. The van der Waals surface area contributed by atoms with Crippen molar-refractivity contribution in [3.63, 3.8) is 0 Å². The maximum Gasteiger partial charge on any atom is 0.0694 e. The van der Waals surface area contributed by atoms with Crippen LogP contribution in [0.1, 0.15) is 35.3 Å². The predicted molar refractivity (Wildman–Crippen MR) is 94.2 cm³/mol. The summed E-state index contributed by atoms with van der Waals surface area (Å²) in [7, 11) is 2.20. The van der Waals surface area contributed by atoms with Crippen LogP contribution < -0.4 is 0 Å². The molecule has 3 nitrogen and oxygen atoms in total. The number of fused-ring (bicyclic) bond motifs is 4. The Labute approximate surface area is 135 Å². The summed E-state index contributed by atoms with van der Waals surface area (Å²) in [6.45, 7) is 3.36. The van der Waals surface area contributed by atoms with Crippen molar-refractivity contribution in [3.8, 4) is 0 Å². The molecule has 0 unspecified atom stereocenters. The van der Waals surface area contributed by atoms with Crippen LogP contribution in [0.15, 0.2) is 42.7 Å². The lowest BCUT2D eigenvalue weighted by atomic mass is 9.99. The first-order chi connectivity index (χ1) is 11.3. The van der Waals surface area contributed by atoms with Gasteiger partial charge in [-0.25, -0.2) is 0 Å². The summed E-state index contributed by atoms with van der Waals surface area (Å²) in [5, 5.41) is 1.40. The van der Waals surface area contributed by atoms with Gasteiger partial charge in [-0.2, -0.15) is 0 Å². The average Bonchev–Trinajstić information content (AvgIpc) is 2.85. The van der Waals surface area contributed by atoms with Crippen molar-refractivity contribution in [3.05, 3.63) is 65.1 Å². The van der Waals surface area contributed by atoms with Crippen molar-refractivity contribution in [2.24, 2.45) is 0 Å². The van der Waals surface area contributed by atoms with E-state index >= 15 is 0 Å². The fourth-order valence-corrected chi connectivity index (χ4v) is 4.21. The molecule has 0 bridgehead atoms. The molecule has 1 aromatic carbocycles. The Morgan fingerprint density at radius 3 is 2.96 bits per heavy atom. The van der Waals surface area contributed by atoms with Gasteiger partial charge in [-0.3, -0.25) is 4.98 Å². The molecule has 2 aromatic heterocycles. The van der Waals surface area contributed by atoms with Gasteiger partial charge in [-0.1, -0.05) is 18.2 Å². The summed E-state index contributed by atoms with van der Waals surface area (Å²) in [5.74, 6) is 0. The average molecular weight is 301 g/mol. The lowest BCUT2D eigenvalue weighted by Crippen LogP contribution is -2.26. The molecule has 0 radical (unpaired) electrons. The van der Waals surface area contributed by atoms with Crippen molar-refractivity contribution < 1.29 is 0 Å². The lowest BCUT2D eigenvalue weighted by molar-refractivity contribution is 0.463. The zero-order valence-corrected chi connectivity index (χ0v) is 13.5. The van der Waals surface area contributed by atoms with Crippen LogP contribution in [0.25, 0.3) is 22.7 Å². The normalized spacial score (nSPS) is 19.1.